The third-order valence-corrected chi connectivity index (χ3v) is 5.01. The fraction of sp³-hybridized carbons (Fsp3) is 0.412. The van der Waals surface area contributed by atoms with Crippen LogP contribution < -0.4 is 16.0 Å². The Hall–Kier alpha value is -2.74. The van der Waals surface area contributed by atoms with Gasteiger partial charge in [-0.25, -0.2) is 4.98 Å². The summed E-state index contributed by atoms with van der Waals surface area (Å²) < 4.78 is 0. The number of nitrogens with two attached hydrogens (primary N) is 1. The Balaban J connectivity index is 1.65. The van der Waals surface area contributed by atoms with E-state index in [1.54, 1.807) is 12.1 Å². The number of rotatable bonds is 3. The van der Waals surface area contributed by atoms with Gasteiger partial charge in [0.2, 0.25) is 5.95 Å². The van der Waals surface area contributed by atoms with Crippen LogP contribution in [-0.4, -0.2) is 40.6 Å². The molecule has 1 aromatic heterocycles. The van der Waals surface area contributed by atoms with Crippen molar-refractivity contribution in [3.63, 3.8) is 0 Å². The highest BCUT2D eigenvalue weighted by Gasteiger charge is 2.35. The molecule has 2 aromatic rings. The van der Waals surface area contributed by atoms with Crippen LogP contribution in [0.25, 0.3) is 11.3 Å². The lowest BCUT2D eigenvalue weighted by molar-refractivity contribution is -0.384. The van der Waals surface area contributed by atoms with E-state index >= 15 is 0 Å². The maximum absolute atomic E-state index is 11.0. The summed E-state index contributed by atoms with van der Waals surface area (Å²) in [5, 5.41) is 14.6. The first-order chi connectivity index (χ1) is 12.1. The first-order valence-electron chi connectivity index (χ1n) is 8.48. The number of nitrogens with zero attached hydrogens (tertiary/aromatic N) is 4. The molecule has 8 heteroatoms. The van der Waals surface area contributed by atoms with Crippen molar-refractivity contribution in [2.45, 2.75) is 18.9 Å². The molecule has 2 saturated heterocycles. The molecule has 2 atom stereocenters. The summed E-state index contributed by atoms with van der Waals surface area (Å²) in [4.78, 5) is 21.5. The maximum atomic E-state index is 11.0. The van der Waals surface area contributed by atoms with E-state index in [-0.39, 0.29) is 11.6 Å². The quantitative estimate of drug-likeness (QED) is 0.647. The lowest BCUT2D eigenvalue weighted by atomic mass is 9.94. The normalized spacial score (nSPS) is 22.6. The minimum absolute atomic E-state index is 0.0348. The highest BCUT2D eigenvalue weighted by Crippen LogP contribution is 2.31. The standard InChI is InChI=1S/C17H20N6O2/c18-17-20-14(11-3-1-5-13(7-11)23(24)25)8-16(21-17)22-9-12-4-2-6-19-15(12)10-22/h1,3,5,7-8,12,15,19H,2,4,6,9-10H2,(H2,18,20,21). The van der Waals surface area contributed by atoms with Gasteiger partial charge in [0.05, 0.1) is 10.6 Å². The van der Waals surface area contributed by atoms with Crippen molar-refractivity contribution in [3.05, 3.63) is 40.4 Å². The molecule has 2 fully saturated rings. The molecule has 4 rings (SSSR count). The molecule has 0 amide bonds. The highest BCUT2D eigenvalue weighted by molar-refractivity contribution is 5.67. The molecule has 8 nitrogen and oxygen atoms in total. The molecule has 3 heterocycles. The second kappa shape index (κ2) is 6.29. The predicted molar refractivity (Wildman–Crippen MR) is 95.3 cm³/mol. The van der Waals surface area contributed by atoms with Crippen LogP contribution in [0.5, 0.6) is 0 Å². The van der Waals surface area contributed by atoms with Crippen LogP contribution in [0.3, 0.4) is 0 Å². The zero-order valence-corrected chi connectivity index (χ0v) is 13.8. The Labute approximate surface area is 145 Å². The minimum Gasteiger partial charge on any atom is -0.368 e. The van der Waals surface area contributed by atoms with Gasteiger partial charge in [0.25, 0.3) is 5.69 Å². The summed E-state index contributed by atoms with van der Waals surface area (Å²) in [6.07, 6.45) is 2.44. The van der Waals surface area contributed by atoms with Gasteiger partial charge in [-0.1, -0.05) is 12.1 Å². The molecule has 2 aliphatic rings. The van der Waals surface area contributed by atoms with Gasteiger partial charge >= 0.3 is 0 Å². The summed E-state index contributed by atoms with van der Waals surface area (Å²) in [6.45, 7) is 2.91. The number of hydrogen-bond acceptors (Lipinski definition) is 7. The largest absolute Gasteiger partial charge is 0.368 e. The van der Waals surface area contributed by atoms with Crippen molar-refractivity contribution in [2.24, 2.45) is 5.92 Å². The van der Waals surface area contributed by atoms with Crippen LogP contribution in [0.15, 0.2) is 30.3 Å². The Morgan fingerprint density at radius 2 is 2.16 bits per heavy atom. The molecule has 130 valence electrons. The van der Waals surface area contributed by atoms with Gasteiger partial charge in [-0.3, -0.25) is 10.1 Å². The van der Waals surface area contributed by atoms with E-state index in [9.17, 15) is 10.1 Å². The van der Waals surface area contributed by atoms with E-state index < -0.39 is 4.92 Å². The second-order valence-corrected chi connectivity index (χ2v) is 6.64. The number of non-ortho nitro benzene ring substituents is 1. The molecule has 0 radical (unpaired) electrons. The molecule has 0 spiro atoms. The Bertz CT molecular complexity index is 797. The topological polar surface area (TPSA) is 110 Å². The molecular formula is C17H20N6O2. The second-order valence-electron chi connectivity index (χ2n) is 6.64. The number of nitro groups is 1. The van der Waals surface area contributed by atoms with E-state index in [1.165, 1.54) is 25.0 Å². The molecule has 1 aromatic carbocycles. The molecule has 2 aliphatic heterocycles. The zero-order chi connectivity index (χ0) is 17.4. The van der Waals surface area contributed by atoms with E-state index in [0.29, 0.717) is 23.2 Å². The number of nitro benzene ring substituents is 1. The predicted octanol–water partition coefficient (Wildman–Crippen LogP) is 1.82. The SMILES string of the molecule is Nc1nc(-c2cccc([N+](=O)[O-])c2)cc(N2CC3CCCNC3C2)n1. The summed E-state index contributed by atoms with van der Waals surface area (Å²) in [6, 6.07) is 8.78. The number of piperidine rings is 1. The van der Waals surface area contributed by atoms with Crippen molar-refractivity contribution >= 4 is 17.5 Å². The van der Waals surface area contributed by atoms with E-state index in [2.05, 4.69) is 20.2 Å². The van der Waals surface area contributed by atoms with Gasteiger partial charge in [0, 0.05) is 42.9 Å². The van der Waals surface area contributed by atoms with Crippen LogP contribution in [0.2, 0.25) is 0 Å². The average Bonchev–Trinajstić information content (AvgIpc) is 3.05. The van der Waals surface area contributed by atoms with Crippen LogP contribution in [-0.2, 0) is 0 Å². The van der Waals surface area contributed by atoms with E-state index in [1.807, 2.05) is 6.07 Å². The summed E-state index contributed by atoms with van der Waals surface area (Å²) >= 11 is 0. The zero-order valence-electron chi connectivity index (χ0n) is 13.8. The van der Waals surface area contributed by atoms with E-state index in [4.69, 9.17) is 5.73 Å². The molecular weight excluding hydrogens is 320 g/mol. The van der Waals surface area contributed by atoms with Crippen LogP contribution >= 0.6 is 0 Å². The smallest absolute Gasteiger partial charge is 0.270 e. The van der Waals surface area contributed by atoms with Gasteiger partial charge in [-0.15, -0.1) is 0 Å². The number of benzene rings is 1. The molecule has 0 aliphatic carbocycles. The van der Waals surface area contributed by atoms with Crippen molar-refractivity contribution in [1.82, 2.24) is 15.3 Å². The van der Waals surface area contributed by atoms with E-state index in [0.717, 1.165) is 25.5 Å². The number of nitrogens with one attached hydrogen (secondary N) is 1. The first kappa shape index (κ1) is 15.8. The fourth-order valence-corrected chi connectivity index (χ4v) is 3.78. The highest BCUT2D eigenvalue weighted by atomic mass is 16.6. The summed E-state index contributed by atoms with van der Waals surface area (Å²) in [7, 11) is 0. The van der Waals surface area contributed by atoms with Crippen molar-refractivity contribution in [2.75, 3.05) is 30.3 Å². The molecule has 2 unspecified atom stereocenters. The number of aromatic nitrogens is 2. The third kappa shape index (κ3) is 3.12. The van der Waals surface area contributed by atoms with Crippen molar-refractivity contribution < 1.29 is 4.92 Å². The molecule has 3 N–H and O–H groups in total. The minimum atomic E-state index is -0.411. The lowest BCUT2D eigenvalue weighted by Crippen LogP contribution is -2.40. The molecule has 0 bridgehead atoms. The third-order valence-electron chi connectivity index (χ3n) is 5.01. The Morgan fingerprint density at radius 1 is 1.28 bits per heavy atom. The van der Waals surface area contributed by atoms with Gasteiger partial charge in [-0.05, 0) is 25.3 Å². The average molecular weight is 340 g/mol. The van der Waals surface area contributed by atoms with Gasteiger partial charge in [-0.2, -0.15) is 4.98 Å². The molecule has 0 saturated carbocycles. The first-order valence-corrected chi connectivity index (χ1v) is 8.48. The maximum Gasteiger partial charge on any atom is 0.270 e. The van der Waals surface area contributed by atoms with Gasteiger partial charge in [0.15, 0.2) is 0 Å². The van der Waals surface area contributed by atoms with Crippen LogP contribution in [0.4, 0.5) is 17.5 Å². The monoisotopic (exact) mass is 340 g/mol. The number of hydrogen-bond donors (Lipinski definition) is 2. The van der Waals surface area contributed by atoms with Crippen LogP contribution in [0.1, 0.15) is 12.8 Å². The lowest BCUT2D eigenvalue weighted by Gasteiger charge is -2.24. The fourth-order valence-electron chi connectivity index (χ4n) is 3.78. The number of anilines is 2. The Kier molecular flexibility index (Phi) is 3.96. The molecule has 25 heavy (non-hydrogen) atoms. The van der Waals surface area contributed by atoms with Gasteiger partial charge in [0.1, 0.15) is 5.82 Å². The summed E-state index contributed by atoms with van der Waals surface area (Å²) in [5.41, 5.74) is 7.22. The van der Waals surface area contributed by atoms with Crippen molar-refractivity contribution in [3.8, 4) is 11.3 Å². The van der Waals surface area contributed by atoms with Crippen molar-refractivity contribution in [1.29, 1.82) is 0 Å². The van der Waals surface area contributed by atoms with Crippen LogP contribution in [0, 0.1) is 16.0 Å². The number of fused-ring (bicyclic) bond motifs is 1. The number of nitrogen functional groups attached to an aromatic ring is 1. The Morgan fingerprint density at radius 3 is 2.96 bits per heavy atom. The van der Waals surface area contributed by atoms with Gasteiger partial charge < -0.3 is 16.0 Å². The summed E-state index contributed by atoms with van der Waals surface area (Å²) in [5.74, 6) is 1.60.